The number of aliphatic hydroxyl groups excluding tert-OH is 1. The Morgan fingerprint density at radius 1 is 1.11 bits per heavy atom. The lowest BCUT2D eigenvalue weighted by molar-refractivity contribution is 0.0811. The number of aliphatic hydroxyl groups is 1. The van der Waals surface area contributed by atoms with Gasteiger partial charge in [0.2, 0.25) is 0 Å². The van der Waals surface area contributed by atoms with E-state index in [1.54, 1.807) is 0 Å². The minimum atomic E-state index is -0.223. The van der Waals surface area contributed by atoms with Crippen molar-refractivity contribution in [2.75, 3.05) is 32.7 Å². The summed E-state index contributed by atoms with van der Waals surface area (Å²) >= 11 is 0. The van der Waals surface area contributed by atoms with Gasteiger partial charge in [-0.25, -0.2) is 0 Å². The summed E-state index contributed by atoms with van der Waals surface area (Å²) in [7, 11) is 0. The van der Waals surface area contributed by atoms with Crippen molar-refractivity contribution in [2.45, 2.75) is 46.6 Å². The molecule has 1 atom stereocenters. The Balaban J connectivity index is 2.12. The van der Waals surface area contributed by atoms with Gasteiger partial charge in [0.25, 0.3) is 0 Å². The van der Waals surface area contributed by atoms with Gasteiger partial charge in [-0.3, -0.25) is 0 Å². The van der Waals surface area contributed by atoms with Gasteiger partial charge in [-0.2, -0.15) is 0 Å². The quantitative estimate of drug-likeness (QED) is 0.731. The summed E-state index contributed by atoms with van der Waals surface area (Å²) in [6, 6.07) is 0. The molecule has 0 radical (unpaired) electrons. The fourth-order valence-corrected chi connectivity index (χ4v) is 2.70. The molecule has 1 unspecified atom stereocenters. The number of piperidine rings is 1. The van der Waals surface area contributed by atoms with Crippen molar-refractivity contribution < 1.29 is 5.11 Å². The van der Waals surface area contributed by atoms with Crippen LogP contribution in [0.3, 0.4) is 0 Å². The molecule has 1 aliphatic heterocycles. The first-order valence-corrected chi connectivity index (χ1v) is 7.60. The van der Waals surface area contributed by atoms with Crippen LogP contribution in [0.5, 0.6) is 0 Å². The molecule has 0 aromatic rings. The van der Waals surface area contributed by atoms with Crippen LogP contribution >= 0.6 is 0 Å². The van der Waals surface area contributed by atoms with E-state index in [9.17, 15) is 5.11 Å². The van der Waals surface area contributed by atoms with Crippen molar-refractivity contribution in [3.8, 4) is 0 Å². The molecule has 3 heteroatoms. The summed E-state index contributed by atoms with van der Waals surface area (Å²) in [5.74, 6) is 2.35. The zero-order valence-corrected chi connectivity index (χ0v) is 12.7. The van der Waals surface area contributed by atoms with Crippen LogP contribution in [0.4, 0.5) is 0 Å². The fraction of sp³-hybridized carbons (Fsp3) is 1.00. The molecule has 3 nitrogen and oxygen atoms in total. The predicted molar refractivity (Wildman–Crippen MR) is 77.7 cm³/mol. The van der Waals surface area contributed by atoms with Crippen LogP contribution in [0.25, 0.3) is 0 Å². The van der Waals surface area contributed by atoms with Crippen molar-refractivity contribution in [3.05, 3.63) is 0 Å². The van der Waals surface area contributed by atoms with Crippen molar-refractivity contribution in [2.24, 2.45) is 17.8 Å². The molecule has 108 valence electrons. The Morgan fingerprint density at radius 3 is 2.22 bits per heavy atom. The molecule has 0 aromatic heterocycles. The molecule has 0 aliphatic carbocycles. The number of hydrogen-bond acceptors (Lipinski definition) is 3. The van der Waals surface area contributed by atoms with Gasteiger partial charge in [-0.05, 0) is 50.2 Å². The third-order valence-electron chi connectivity index (χ3n) is 3.98. The molecule has 0 spiro atoms. The van der Waals surface area contributed by atoms with E-state index in [1.165, 1.54) is 12.8 Å². The number of nitrogens with one attached hydrogen (secondary N) is 1. The number of hydrogen-bond donors (Lipinski definition) is 2. The van der Waals surface area contributed by atoms with Gasteiger partial charge in [-0.1, -0.05) is 27.7 Å². The molecule has 0 bridgehead atoms. The lowest BCUT2D eigenvalue weighted by Gasteiger charge is -2.34. The molecule has 1 saturated heterocycles. The Kier molecular flexibility index (Phi) is 7.20. The normalized spacial score (nSPS) is 20.8. The zero-order valence-electron chi connectivity index (χ0n) is 12.7. The van der Waals surface area contributed by atoms with E-state index >= 15 is 0 Å². The number of β-amino-alcohol motifs (C(OH)–C–C–N with tert-alkyl or cyclic N) is 1. The van der Waals surface area contributed by atoms with Crippen LogP contribution in [0.15, 0.2) is 0 Å². The van der Waals surface area contributed by atoms with Crippen molar-refractivity contribution in [1.29, 1.82) is 0 Å². The molecule has 1 heterocycles. The highest BCUT2D eigenvalue weighted by molar-refractivity contribution is 4.76. The van der Waals surface area contributed by atoms with E-state index in [0.29, 0.717) is 5.92 Å². The Labute approximate surface area is 113 Å². The molecule has 1 aliphatic rings. The van der Waals surface area contributed by atoms with Crippen LogP contribution < -0.4 is 5.32 Å². The van der Waals surface area contributed by atoms with Gasteiger partial charge in [0.15, 0.2) is 0 Å². The second kappa shape index (κ2) is 8.13. The summed E-state index contributed by atoms with van der Waals surface area (Å²) in [5.41, 5.74) is 0. The summed E-state index contributed by atoms with van der Waals surface area (Å²) < 4.78 is 0. The summed E-state index contributed by atoms with van der Waals surface area (Å²) in [4.78, 5) is 2.42. The predicted octanol–water partition coefficient (Wildman–Crippen LogP) is 1.96. The van der Waals surface area contributed by atoms with E-state index in [1.807, 2.05) is 0 Å². The Bertz CT molecular complexity index is 211. The smallest absolute Gasteiger partial charge is 0.0791 e. The average molecular weight is 256 g/mol. The number of likely N-dealkylation sites (tertiary alicyclic amines) is 1. The second-order valence-electron chi connectivity index (χ2n) is 6.59. The van der Waals surface area contributed by atoms with Gasteiger partial charge < -0.3 is 15.3 Å². The highest BCUT2D eigenvalue weighted by atomic mass is 16.3. The van der Waals surface area contributed by atoms with Crippen LogP contribution in [0.1, 0.15) is 40.5 Å². The van der Waals surface area contributed by atoms with Gasteiger partial charge in [-0.15, -0.1) is 0 Å². The summed E-state index contributed by atoms with van der Waals surface area (Å²) in [5, 5.41) is 13.3. The SMILES string of the molecule is CC(C)CNCC(O)CN1CCC(C(C)C)CC1. The van der Waals surface area contributed by atoms with Crippen molar-refractivity contribution in [1.82, 2.24) is 10.2 Å². The van der Waals surface area contributed by atoms with E-state index in [4.69, 9.17) is 0 Å². The van der Waals surface area contributed by atoms with E-state index < -0.39 is 0 Å². The highest BCUT2D eigenvalue weighted by Gasteiger charge is 2.22. The minimum Gasteiger partial charge on any atom is -0.390 e. The Morgan fingerprint density at radius 2 is 1.72 bits per heavy atom. The maximum atomic E-state index is 9.99. The third-order valence-corrected chi connectivity index (χ3v) is 3.98. The van der Waals surface area contributed by atoms with Gasteiger partial charge in [0.05, 0.1) is 6.10 Å². The lowest BCUT2D eigenvalue weighted by atomic mass is 9.86. The molecule has 1 fully saturated rings. The van der Waals surface area contributed by atoms with Gasteiger partial charge >= 0.3 is 0 Å². The van der Waals surface area contributed by atoms with Crippen molar-refractivity contribution in [3.63, 3.8) is 0 Å². The fourth-order valence-electron chi connectivity index (χ4n) is 2.70. The minimum absolute atomic E-state index is 0.223. The van der Waals surface area contributed by atoms with Crippen LogP contribution in [-0.4, -0.2) is 48.8 Å². The molecular weight excluding hydrogens is 224 g/mol. The number of nitrogens with zero attached hydrogens (tertiary/aromatic N) is 1. The molecule has 1 rings (SSSR count). The second-order valence-corrected chi connectivity index (χ2v) is 6.59. The average Bonchev–Trinajstić information content (AvgIpc) is 2.29. The maximum Gasteiger partial charge on any atom is 0.0791 e. The van der Waals surface area contributed by atoms with Gasteiger partial charge in [0, 0.05) is 13.1 Å². The zero-order chi connectivity index (χ0) is 13.5. The van der Waals surface area contributed by atoms with Crippen LogP contribution in [0, 0.1) is 17.8 Å². The highest BCUT2D eigenvalue weighted by Crippen LogP contribution is 2.24. The van der Waals surface area contributed by atoms with E-state index in [0.717, 1.165) is 44.6 Å². The van der Waals surface area contributed by atoms with Gasteiger partial charge in [0.1, 0.15) is 0 Å². The molecule has 0 saturated carbocycles. The maximum absolute atomic E-state index is 9.99. The summed E-state index contributed by atoms with van der Waals surface area (Å²) in [6.45, 7) is 13.9. The van der Waals surface area contributed by atoms with Crippen molar-refractivity contribution >= 4 is 0 Å². The standard InChI is InChI=1S/C15H32N2O/c1-12(2)9-16-10-15(18)11-17-7-5-14(6-8-17)13(3)4/h12-16,18H,5-11H2,1-4H3. The third kappa shape index (κ3) is 6.17. The lowest BCUT2D eigenvalue weighted by Crippen LogP contribution is -2.43. The monoisotopic (exact) mass is 256 g/mol. The first kappa shape index (κ1) is 15.9. The largest absolute Gasteiger partial charge is 0.390 e. The topological polar surface area (TPSA) is 35.5 Å². The van der Waals surface area contributed by atoms with Crippen LogP contribution in [-0.2, 0) is 0 Å². The number of rotatable bonds is 7. The Hall–Kier alpha value is -0.120. The molecule has 18 heavy (non-hydrogen) atoms. The van der Waals surface area contributed by atoms with E-state index in [-0.39, 0.29) is 6.10 Å². The first-order chi connectivity index (χ1) is 8.49. The summed E-state index contributed by atoms with van der Waals surface area (Å²) in [6.07, 6.45) is 2.37. The first-order valence-electron chi connectivity index (χ1n) is 7.60. The van der Waals surface area contributed by atoms with E-state index in [2.05, 4.69) is 37.9 Å². The molecular formula is C15H32N2O. The van der Waals surface area contributed by atoms with Crippen LogP contribution in [0.2, 0.25) is 0 Å². The molecule has 0 amide bonds. The molecule has 0 aromatic carbocycles. The molecule has 2 N–H and O–H groups in total.